The molecule has 2 aromatic carbocycles. The number of halogens is 2. The van der Waals surface area contributed by atoms with Crippen molar-refractivity contribution in [2.75, 3.05) is 33.3 Å². The summed E-state index contributed by atoms with van der Waals surface area (Å²) < 4.78 is 18.2. The first-order chi connectivity index (χ1) is 12.5. The van der Waals surface area contributed by atoms with E-state index in [4.69, 9.17) is 16.3 Å². The molecule has 3 rings (SSSR count). The van der Waals surface area contributed by atoms with Gasteiger partial charge in [-0.2, -0.15) is 0 Å². The summed E-state index contributed by atoms with van der Waals surface area (Å²) >= 11 is 5.99. The van der Waals surface area contributed by atoms with Crippen LogP contribution in [-0.4, -0.2) is 54.9 Å². The molecular weight excluding hydrogens is 359 g/mol. The van der Waals surface area contributed by atoms with Crippen molar-refractivity contribution in [2.45, 2.75) is 0 Å². The molecule has 0 unspecified atom stereocenters. The molecule has 2 aromatic rings. The molecule has 0 spiro atoms. The minimum atomic E-state index is -0.382. The van der Waals surface area contributed by atoms with Crippen molar-refractivity contribution in [1.82, 2.24) is 9.80 Å². The molecule has 0 radical (unpaired) electrons. The number of hydrogen-bond acceptors (Lipinski definition) is 3. The van der Waals surface area contributed by atoms with E-state index in [1.165, 1.54) is 31.4 Å². The summed E-state index contributed by atoms with van der Waals surface area (Å²) in [5, 5.41) is 0.458. The highest BCUT2D eigenvalue weighted by Crippen LogP contribution is 2.24. The van der Waals surface area contributed by atoms with Gasteiger partial charge in [-0.3, -0.25) is 9.59 Å². The summed E-state index contributed by atoms with van der Waals surface area (Å²) in [7, 11) is 1.50. The second-order valence-corrected chi connectivity index (χ2v) is 6.37. The number of carbonyl (C=O) groups is 2. The van der Waals surface area contributed by atoms with Crippen LogP contribution in [-0.2, 0) is 0 Å². The van der Waals surface area contributed by atoms with Crippen LogP contribution in [0.15, 0.2) is 42.5 Å². The Labute approximate surface area is 155 Å². The highest BCUT2D eigenvalue weighted by Gasteiger charge is 2.27. The molecule has 2 amide bonds. The van der Waals surface area contributed by atoms with E-state index in [1.807, 2.05) is 0 Å². The Morgan fingerprint density at radius 1 is 0.962 bits per heavy atom. The van der Waals surface area contributed by atoms with Gasteiger partial charge in [0.2, 0.25) is 0 Å². The van der Waals surface area contributed by atoms with Gasteiger partial charge in [0.05, 0.1) is 12.7 Å². The smallest absolute Gasteiger partial charge is 0.257 e. The average molecular weight is 377 g/mol. The standard InChI is InChI=1S/C19H18ClFN2O3/c1-26-17-7-4-14(20)12-16(17)19(25)23-10-8-22(9-11-23)18(24)13-2-5-15(21)6-3-13/h2-7,12H,8-11H2,1H3. The second-order valence-electron chi connectivity index (χ2n) is 5.94. The van der Waals surface area contributed by atoms with Crippen LogP contribution in [0.4, 0.5) is 4.39 Å². The van der Waals surface area contributed by atoms with Crippen LogP contribution < -0.4 is 4.74 Å². The fraction of sp³-hybridized carbons (Fsp3) is 0.263. The van der Waals surface area contributed by atoms with Gasteiger partial charge in [-0.15, -0.1) is 0 Å². The number of benzene rings is 2. The van der Waals surface area contributed by atoms with Crippen LogP contribution >= 0.6 is 11.6 Å². The van der Waals surface area contributed by atoms with Crippen LogP contribution in [0.1, 0.15) is 20.7 Å². The van der Waals surface area contributed by atoms with Gasteiger partial charge in [0.15, 0.2) is 0 Å². The van der Waals surface area contributed by atoms with E-state index in [-0.39, 0.29) is 17.6 Å². The van der Waals surface area contributed by atoms with Crippen molar-refractivity contribution < 1.29 is 18.7 Å². The van der Waals surface area contributed by atoms with E-state index in [0.717, 1.165) is 0 Å². The molecule has 1 saturated heterocycles. The van der Waals surface area contributed by atoms with Gasteiger partial charge in [-0.1, -0.05) is 11.6 Å². The summed E-state index contributed by atoms with van der Waals surface area (Å²) in [6.07, 6.45) is 0. The lowest BCUT2D eigenvalue weighted by atomic mass is 10.1. The molecule has 0 aliphatic carbocycles. The van der Waals surface area contributed by atoms with Crippen molar-refractivity contribution in [1.29, 1.82) is 0 Å². The van der Waals surface area contributed by atoms with Crippen LogP contribution in [0.5, 0.6) is 5.75 Å². The average Bonchev–Trinajstić information content (AvgIpc) is 2.67. The van der Waals surface area contributed by atoms with Gasteiger partial charge in [0.1, 0.15) is 11.6 Å². The van der Waals surface area contributed by atoms with Crippen molar-refractivity contribution in [3.05, 3.63) is 64.4 Å². The largest absolute Gasteiger partial charge is 0.496 e. The second kappa shape index (κ2) is 7.74. The fourth-order valence-electron chi connectivity index (χ4n) is 2.91. The third kappa shape index (κ3) is 3.80. The van der Waals surface area contributed by atoms with Crippen molar-refractivity contribution >= 4 is 23.4 Å². The molecular formula is C19H18ClFN2O3. The lowest BCUT2D eigenvalue weighted by molar-refractivity contribution is 0.0533. The summed E-state index contributed by atoms with van der Waals surface area (Å²) in [6.45, 7) is 1.62. The molecule has 0 saturated carbocycles. The third-order valence-electron chi connectivity index (χ3n) is 4.34. The van der Waals surface area contributed by atoms with Crippen molar-refractivity contribution in [2.24, 2.45) is 0 Å². The van der Waals surface area contributed by atoms with Gasteiger partial charge in [0.25, 0.3) is 11.8 Å². The number of nitrogens with zero attached hydrogens (tertiary/aromatic N) is 2. The molecule has 0 N–H and O–H groups in total. The Morgan fingerprint density at radius 3 is 2.12 bits per heavy atom. The van der Waals surface area contributed by atoms with Gasteiger partial charge >= 0.3 is 0 Å². The van der Waals surface area contributed by atoms with E-state index in [0.29, 0.717) is 48.1 Å². The minimum Gasteiger partial charge on any atom is -0.496 e. The monoisotopic (exact) mass is 376 g/mol. The number of methoxy groups -OCH3 is 1. The number of hydrogen-bond donors (Lipinski definition) is 0. The molecule has 1 heterocycles. The summed E-state index contributed by atoms with van der Waals surface area (Å²) in [5.41, 5.74) is 0.834. The highest BCUT2D eigenvalue weighted by atomic mass is 35.5. The maximum absolute atomic E-state index is 13.0. The van der Waals surface area contributed by atoms with E-state index in [1.54, 1.807) is 28.0 Å². The zero-order chi connectivity index (χ0) is 18.7. The summed E-state index contributed by atoms with van der Waals surface area (Å²) in [6, 6.07) is 10.4. The number of carbonyl (C=O) groups excluding carboxylic acids is 2. The lowest BCUT2D eigenvalue weighted by Gasteiger charge is -2.35. The lowest BCUT2D eigenvalue weighted by Crippen LogP contribution is -2.50. The van der Waals surface area contributed by atoms with Crippen molar-refractivity contribution in [3.8, 4) is 5.75 Å². The van der Waals surface area contributed by atoms with Crippen LogP contribution in [0.25, 0.3) is 0 Å². The SMILES string of the molecule is COc1ccc(Cl)cc1C(=O)N1CCN(C(=O)c2ccc(F)cc2)CC1. The molecule has 1 aliphatic heterocycles. The zero-order valence-corrected chi connectivity index (χ0v) is 15.0. The van der Waals surface area contributed by atoms with Crippen LogP contribution in [0.3, 0.4) is 0 Å². The summed E-state index contributed by atoms with van der Waals surface area (Å²) in [5.74, 6) is -0.271. The number of ether oxygens (including phenoxy) is 1. The molecule has 1 fully saturated rings. The van der Waals surface area contributed by atoms with Gasteiger partial charge in [0, 0.05) is 36.8 Å². The quantitative estimate of drug-likeness (QED) is 0.827. The molecule has 136 valence electrons. The summed E-state index contributed by atoms with van der Waals surface area (Å²) in [4.78, 5) is 28.6. The van der Waals surface area contributed by atoms with Gasteiger partial charge < -0.3 is 14.5 Å². The van der Waals surface area contributed by atoms with Crippen LogP contribution in [0, 0.1) is 5.82 Å². The van der Waals surface area contributed by atoms with Gasteiger partial charge in [-0.05, 0) is 42.5 Å². The number of rotatable bonds is 3. The Hall–Kier alpha value is -2.60. The zero-order valence-electron chi connectivity index (χ0n) is 14.2. The molecule has 7 heteroatoms. The predicted octanol–water partition coefficient (Wildman–Crippen LogP) is 3.09. The van der Waals surface area contributed by atoms with Gasteiger partial charge in [-0.25, -0.2) is 4.39 Å². The Kier molecular flexibility index (Phi) is 5.42. The molecule has 5 nitrogen and oxygen atoms in total. The predicted molar refractivity (Wildman–Crippen MR) is 96.2 cm³/mol. The molecule has 0 aromatic heterocycles. The Bertz CT molecular complexity index is 818. The molecule has 0 atom stereocenters. The fourth-order valence-corrected chi connectivity index (χ4v) is 3.08. The topological polar surface area (TPSA) is 49.9 Å². The van der Waals surface area contributed by atoms with E-state index >= 15 is 0 Å². The first-order valence-electron chi connectivity index (χ1n) is 8.17. The number of piperazine rings is 1. The third-order valence-corrected chi connectivity index (χ3v) is 4.57. The minimum absolute atomic E-state index is 0.169. The van der Waals surface area contributed by atoms with E-state index < -0.39 is 0 Å². The maximum Gasteiger partial charge on any atom is 0.257 e. The molecule has 0 bridgehead atoms. The maximum atomic E-state index is 13.0. The van der Waals surface area contributed by atoms with Crippen LogP contribution in [0.2, 0.25) is 5.02 Å². The number of amides is 2. The van der Waals surface area contributed by atoms with Crippen molar-refractivity contribution in [3.63, 3.8) is 0 Å². The first-order valence-corrected chi connectivity index (χ1v) is 8.55. The highest BCUT2D eigenvalue weighted by molar-refractivity contribution is 6.31. The van der Waals surface area contributed by atoms with E-state index in [2.05, 4.69) is 0 Å². The Balaban J connectivity index is 1.66. The molecule has 26 heavy (non-hydrogen) atoms. The normalized spacial score (nSPS) is 14.3. The van der Waals surface area contributed by atoms with E-state index in [9.17, 15) is 14.0 Å². The Morgan fingerprint density at radius 2 is 1.54 bits per heavy atom. The molecule has 1 aliphatic rings. The first kappa shape index (κ1) is 18.2.